The molecule has 160 valence electrons. The molecule has 0 aromatic carbocycles. The van der Waals surface area contributed by atoms with Crippen LogP contribution in [0.4, 0.5) is 0 Å². The van der Waals surface area contributed by atoms with Gasteiger partial charge in [-0.2, -0.15) is 0 Å². The van der Waals surface area contributed by atoms with Gasteiger partial charge in [-0.1, -0.05) is 0 Å². The van der Waals surface area contributed by atoms with Crippen LogP contribution < -0.4 is 0 Å². The molecule has 3 rings (SSSR count). The molecule has 7 nitrogen and oxygen atoms in total. The number of Topliss-reactive ketones (excluding diaryl/α,β-unsaturated/α-hetero) is 1. The topological polar surface area (TPSA) is 107 Å². The summed E-state index contributed by atoms with van der Waals surface area (Å²) in [6.07, 6.45) is 1.39. The fourth-order valence-corrected chi connectivity index (χ4v) is 6.51. The lowest BCUT2D eigenvalue weighted by molar-refractivity contribution is -0.196. The molecule has 0 aromatic rings. The number of hydrogen-bond acceptors (Lipinski definition) is 6. The summed E-state index contributed by atoms with van der Waals surface area (Å²) in [5.41, 5.74) is -0.990. The summed E-state index contributed by atoms with van der Waals surface area (Å²) in [4.78, 5) is 27.0. The van der Waals surface area contributed by atoms with E-state index in [2.05, 4.69) is 0 Å². The van der Waals surface area contributed by atoms with Gasteiger partial charge in [-0.25, -0.2) is 0 Å². The SMILES string of the molecule is CCN(CC(C)=O)C(=O)[C@]12CCC[C@H](OC)[C@@H]1[C@@H]1C[C@H](CO)[C@H](O)[C@@H]1C[C@@H]2O. The maximum absolute atomic E-state index is 13.8. The number of amides is 1. The van der Waals surface area contributed by atoms with Gasteiger partial charge in [0.05, 0.1) is 30.3 Å². The third kappa shape index (κ3) is 3.30. The van der Waals surface area contributed by atoms with E-state index in [1.54, 1.807) is 12.0 Å². The Hall–Kier alpha value is -1.02. The first-order valence-electron chi connectivity index (χ1n) is 10.6. The molecule has 28 heavy (non-hydrogen) atoms. The van der Waals surface area contributed by atoms with Crippen molar-refractivity contribution in [2.45, 2.75) is 64.3 Å². The monoisotopic (exact) mass is 397 g/mol. The molecular formula is C21H35NO6. The number of likely N-dealkylation sites (N-methyl/N-ethyl adjacent to an activating group) is 1. The number of aliphatic hydroxyl groups is 3. The third-order valence-electron chi connectivity index (χ3n) is 7.69. The van der Waals surface area contributed by atoms with Crippen molar-refractivity contribution in [3.8, 4) is 0 Å². The molecule has 0 aromatic heterocycles. The van der Waals surface area contributed by atoms with Gasteiger partial charge < -0.3 is 25.0 Å². The Bertz CT molecular complexity index is 597. The van der Waals surface area contributed by atoms with Gasteiger partial charge in [-0.3, -0.25) is 9.59 Å². The number of methoxy groups -OCH3 is 1. The van der Waals surface area contributed by atoms with Gasteiger partial charge in [0.1, 0.15) is 5.78 Å². The van der Waals surface area contributed by atoms with Crippen molar-refractivity contribution in [1.82, 2.24) is 4.90 Å². The van der Waals surface area contributed by atoms with E-state index >= 15 is 0 Å². The number of carbonyl (C=O) groups excluding carboxylic acids is 2. The Kier molecular flexibility index (Phi) is 6.49. The minimum Gasteiger partial charge on any atom is -0.396 e. The second-order valence-electron chi connectivity index (χ2n) is 9.00. The number of ketones is 1. The molecule has 3 N–H and O–H groups in total. The molecule has 3 saturated carbocycles. The van der Waals surface area contributed by atoms with Crippen LogP contribution in [-0.2, 0) is 14.3 Å². The van der Waals surface area contributed by atoms with E-state index in [-0.39, 0.29) is 54.6 Å². The van der Waals surface area contributed by atoms with E-state index in [0.717, 1.165) is 12.8 Å². The Morgan fingerprint density at radius 3 is 2.50 bits per heavy atom. The molecule has 0 bridgehead atoms. The van der Waals surface area contributed by atoms with Crippen LogP contribution in [0.5, 0.6) is 0 Å². The van der Waals surface area contributed by atoms with Crippen LogP contribution in [0.25, 0.3) is 0 Å². The van der Waals surface area contributed by atoms with Crippen LogP contribution in [0, 0.1) is 29.1 Å². The van der Waals surface area contributed by atoms with Crippen molar-refractivity contribution in [2.24, 2.45) is 29.1 Å². The second-order valence-corrected chi connectivity index (χ2v) is 9.00. The number of nitrogens with zero attached hydrogens (tertiary/aromatic N) is 1. The number of ether oxygens (including phenoxy) is 1. The molecule has 0 aliphatic heterocycles. The van der Waals surface area contributed by atoms with Gasteiger partial charge in [0.25, 0.3) is 0 Å². The van der Waals surface area contributed by atoms with Crippen molar-refractivity contribution < 1.29 is 29.6 Å². The summed E-state index contributed by atoms with van der Waals surface area (Å²) < 4.78 is 5.80. The average molecular weight is 398 g/mol. The molecular weight excluding hydrogens is 362 g/mol. The zero-order valence-electron chi connectivity index (χ0n) is 17.2. The Balaban J connectivity index is 2.03. The molecule has 0 unspecified atom stereocenters. The lowest BCUT2D eigenvalue weighted by atomic mass is 9.50. The summed E-state index contributed by atoms with van der Waals surface area (Å²) >= 11 is 0. The maximum Gasteiger partial charge on any atom is 0.232 e. The fraction of sp³-hybridized carbons (Fsp3) is 0.905. The summed E-state index contributed by atoms with van der Waals surface area (Å²) in [5, 5.41) is 31.7. The largest absolute Gasteiger partial charge is 0.396 e. The highest BCUT2D eigenvalue weighted by Gasteiger charge is 2.65. The molecule has 0 heterocycles. The van der Waals surface area contributed by atoms with Gasteiger partial charge in [-0.05, 0) is 57.8 Å². The molecule has 8 atom stereocenters. The number of carbonyl (C=O) groups is 2. The number of aliphatic hydroxyl groups excluding tert-OH is 3. The van der Waals surface area contributed by atoms with Gasteiger partial charge >= 0.3 is 0 Å². The highest BCUT2D eigenvalue weighted by atomic mass is 16.5. The third-order valence-corrected chi connectivity index (χ3v) is 7.69. The van der Waals surface area contributed by atoms with Crippen LogP contribution in [0.1, 0.15) is 46.0 Å². The minimum absolute atomic E-state index is 0.0146. The first-order chi connectivity index (χ1) is 13.3. The smallest absolute Gasteiger partial charge is 0.232 e. The molecule has 3 fully saturated rings. The summed E-state index contributed by atoms with van der Waals surface area (Å²) in [5.74, 6) is -0.823. The predicted octanol–water partition coefficient (Wildman–Crippen LogP) is 0.595. The molecule has 7 heteroatoms. The molecule has 3 aliphatic carbocycles. The van der Waals surface area contributed by atoms with Crippen molar-refractivity contribution in [1.29, 1.82) is 0 Å². The minimum atomic E-state index is -0.990. The van der Waals surface area contributed by atoms with Gasteiger partial charge in [0.15, 0.2) is 0 Å². The van der Waals surface area contributed by atoms with Gasteiger partial charge in [0, 0.05) is 32.1 Å². The van der Waals surface area contributed by atoms with E-state index in [9.17, 15) is 24.9 Å². The molecule has 1 amide bonds. The first-order valence-corrected chi connectivity index (χ1v) is 10.6. The van der Waals surface area contributed by atoms with Crippen molar-refractivity contribution in [2.75, 3.05) is 26.8 Å². The number of hydrogen-bond donors (Lipinski definition) is 3. The molecule has 0 saturated heterocycles. The average Bonchev–Trinajstić information content (AvgIpc) is 3.00. The highest BCUT2D eigenvalue weighted by Crippen LogP contribution is 2.60. The lowest BCUT2D eigenvalue weighted by Gasteiger charge is -2.57. The van der Waals surface area contributed by atoms with Crippen LogP contribution in [0.3, 0.4) is 0 Å². The Morgan fingerprint density at radius 1 is 1.21 bits per heavy atom. The zero-order valence-corrected chi connectivity index (χ0v) is 17.2. The summed E-state index contributed by atoms with van der Waals surface area (Å²) in [6, 6.07) is 0. The van der Waals surface area contributed by atoms with Crippen LogP contribution in [0.15, 0.2) is 0 Å². The van der Waals surface area contributed by atoms with Crippen molar-refractivity contribution in [3.05, 3.63) is 0 Å². The van der Waals surface area contributed by atoms with Crippen molar-refractivity contribution >= 4 is 11.7 Å². The zero-order chi connectivity index (χ0) is 20.6. The van der Waals surface area contributed by atoms with E-state index in [0.29, 0.717) is 25.8 Å². The van der Waals surface area contributed by atoms with Crippen LogP contribution in [0.2, 0.25) is 0 Å². The lowest BCUT2D eigenvalue weighted by Crippen LogP contribution is -2.64. The number of rotatable bonds is 6. The molecule has 0 spiro atoms. The quantitative estimate of drug-likeness (QED) is 0.606. The number of fused-ring (bicyclic) bond motifs is 3. The fourth-order valence-electron chi connectivity index (χ4n) is 6.51. The molecule has 3 aliphatic rings. The predicted molar refractivity (Wildman–Crippen MR) is 102 cm³/mol. The summed E-state index contributed by atoms with van der Waals surface area (Å²) in [6.45, 7) is 3.68. The van der Waals surface area contributed by atoms with Crippen LogP contribution in [-0.4, -0.2) is 77.0 Å². The van der Waals surface area contributed by atoms with E-state index < -0.39 is 17.6 Å². The van der Waals surface area contributed by atoms with E-state index in [1.807, 2.05) is 6.92 Å². The van der Waals surface area contributed by atoms with Crippen molar-refractivity contribution in [3.63, 3.8) is 0 Å². The second kappa shape index (κ2) is 8.38. The van der Waals surface area contributed by atoms with E-state index in [1.165, 1.54) is 6.92 Å². The van der Waals surface area contributed by atoms with Crippen LogP contribution >= 0.6 is 0 Å². The normalized spacial score (nSPS) is 42.6. The first kappa shape index (κ1) is 21.7. The standard InChI is InChI=1S/C21H35NO6/c1-4-22(10-12(2)24)20(27)21-7-5-6-16(28-3)18(21)14-8-13(11-23)19(26)15(14)9-17(21)25/h13-19,23,25-26H,4-11H2,1-3H3/t13-,14-,15-,16+,17+,18+,19+,21+/m1/s1. The van der Waals surface area contributed by atoms with Gasteiger partial charge in [-0.15, -0.1) is 0 Å². The maximum atomic E-state index is 13.8. The Labute approximate surface area is 167 Å². The van der Waals surface area contributed by atoms with E-state index in [4.69, 9.17) is 4.74 Å². The highest BCUT2D eigenvalue weighted by molar-refractivity contribution is 5.89. The summed E-state index contributed by atoms with van der Waals surface area (Å²) in [7, 11) is 1.64. The van der Waals surface area contributed by atoms with Gasteiger partial charge in [0.2, 0.25) is 5.91 Å². The molecule has 0 radical (unpaired) electrons. The Morgan fingerprint density at radius 2 is 1.93 bits per heavy atom.